The van der Waals surface area contributed by atoms with Crippen molar-refractivity contribution in [1.82, 2.24) is 10.2 Å². The molecule has 198 valence electrons. The van der Waals surface area contributed by atoms with Crippen LogP contribution in [-0.2, 0) is 22.4 Å². The summed E-state index contributed by atoms with van der Waals surface area (Å²) >= 11 is 4.97. The SMILES string of the molecule is CCCc1ccc2c(c1)N(CC(=O)NCCN(C)CCc1ccccc1)C(=O)C(=Cc1cccc(Br)c1)S2. The van der Waals surface area contributed by atoms with Crippen molar-refractivity contribution in [2.45, 2.75) is 31.1 Å². The first kappa shape index (κ1) is 28.1. The van der Waals surface area contributed by atoms with Gasteiger partial charge < -0.3 is 10.2 Å². The molecule has 0 bridgehead atoms. The van der Waals surface area contributed by atoms with Crippen LogP contribution in [-0.4, -0.2) is 49.9 Å². The van der Waals surface area contributed by atoms with Crippen LogP contribution in [0.15, 0.2) is 87.1 Å². The van der Waals surface area contributed by atoms with Gasteiger partial charge in [-0.05, 0) is 66.9 Å². The van der Waals surface area contributed by atoms with Gasteiger partial charge in [0.25, 0.3) is 5.91 Å². The molecule has 2 amide bonds. The number of anilines is 1. The quantitative estimate of drug-likeness (QED) is 0.271. The van der Waals surface area contributed by atoms with Gasteiger partial charge in [-0.2, -0.15) is 0 Å². The second-order valence-corrected chi connectivity index (χ2v) is 11.5. The number of carbonyl (C=O) groups excluding carboxylic acids is 2. The lowest BCUT2D eigenvalue weighted by Gasteiger charge is -2.30. The molecule has 0 aromatic heterocycles. The Balaban J connectivity index is 1.42. The third-order valence-electron chi connectivity index (χ3n) is 6.42. The number of benzene rings is 3. The molecule has 3 aromatic rings. The molecule has 5 nitrogen and oxygen atoms in total. The van der Waals surface area contributed by atoms with E-state index in [0.29, 0.717) is 11.4 Å². The van der Waals surface area contributed by atoms with E-state index in [1.807, 2.05) is 36.4 Å². The topological polar surface area (TPSA) is 52.7 Å². The molecule has 3 aromatic carbocycles. The van der Waals surface area contributed by atoms with Crippen molar-refractivity contribution in [3.63, 3.8) is 0 Å². The molecule has 4 rings (SSSR count). The summed E-state index contributed by atoms with van der Waals surface area (Å²) in [5.41, 5.74) is 4.22. The molecule has 1 N–H and O–H groups in total. The summed E-state index contributed by atoms with van der Waals surface area (Å²) in [4.78, 5) is 32.0. The minimum Gasteiger partial charge on any atom is -0.353 e. The first-order chi connectivity index (χ1) is 18.4. The average molecular weight is 593 g/mol. The monoisotopic (exact) mass is 591 g/mol. The van der Waals surface area contributed by atoms with Crippen molar-refractivity contribution in [1.29, 1.82) is 0 Å². The predicted octanol–water partition coefficient (Wildman–Crippen LogP) is 6.17. The first-order valence-electron chi connectivity index (χ1n) is 13.0. The Bertz CT molecular complexity index is 1300. The van der Waals surface area contributed by atoms with Gasteiger partial charge in [0.1, 0.15) is 6.54 Å². The summed E-state index contributed by atoms with van der Waals surface area (Å²) in [6.07, 6.45) is 4.82. The number of likely N-dealkylation sites (N-methyl/N-ethyl adjacent to an activating group) is 1. The van der Waals surface area contributed by atoms with Gasteiger partial charge in [0.2, 0.25) is 5.91 Å². The summed E-state index contributed by atoms with van der Waals surface area (Å²) in [5, 5.41) is 3.02. The van der Waals surface area contributed by atoms with Crippen LogP contribution in [0, 0.1) is 0 Å². The summed E-state index contributed by atoms with van der Waals surface area (Å²) in [6, 6.07) is 24.5. The molecule has 0 spiro atoms. The molecule has 1 aliphatic rings. The van der Waals surface area contributed by atoms with Crippen LogP contribution in [0.2, 0.25) is 0 Å². The third-order valence-corrected chi connectivity index (χ3v) is 7.99. The smallest absolute Gasteiger partial charge is 0.265 e. The molecule has 0 aliphatic carbocycles. The number of carbonyl (C=O) groups is 2. The van der Waals surface area contributed by atoms with E-state index >= 15 is 0 Å². The van der Waals surface area contributed by atoms with E-state index in [4.69, 9.17) is 0 Å². The molecule has 1 heterocycles. The normalized spacial score (nSPS) is 14.2. The highest BCUT2D eigenvalue weighted by atomic mass is 79.9. The van der Waals surface area contributed by atoms with Gasteiger partial charge in [0, 0.05) is 29.0 Å². The van der Waals surface area contributed by atoms with Crippen molar-refractivity contribution in [3.8, 4) is 0 Å². The highest BCUT2D eigenvalue weighted by Crippen LogP contribution is 2.42. The standard InChI is InChI=1S/C31H34BrN3O2S/c1-3-8-24-13-14-28-27(20-24)35(31(37)29(38-28)21-25-11-7-12-26(32)19-25)22-30(36)33-16-18-34(2)17-15-23-9-5-4-6-10-23/h4-7,9-14,19-21H,3,8,15-18,22H2,1-2H3,(H,33,36). The molecular weight excluding hydrogens is 558 g/mol. The highest BCUT2D eigenvalue weighted by molar-refractivity contribution is 9.10. The third kappa shape index (κ3) is 7.82. The summed E-state index contributed by atoms with van der Waals surface area (Å²) < 4.78 is 0.953. The maximum absolute atomic E-state index is 13.6. The Morgan fingerprint density at radius 1 is 1.00 bits per heavy atom. The number of nitrogens with zero attached hydrogens (tertiary/aromatic N) is 2. The molecule has 0 fully saturated rings. The lowest BCUT2D eigenvalue weighted by atomic mass is 10.1. The van der Waals surface area contributed by atoms with E-state index in [2.05, 4.69) is 82.6 Å². The minimum absolute atomic E-state index is 0.00841. The molecule has 0 radical (unpaired) electrons. The fourth-order valence-electron chi connectivity index (χ4n) is 4.37. The molecule has 0 atom stereocenters. The van der Waals surface area contributed by atoms with Crippen LogP contribution in [0.4, 0.5) is 5.69 Å². The lowest BCUT2D eigenvalue weighted by molar-refractivity contribution is -0.122. The van der Waals surface area contributed by atoms with Gasteiger partial charge in [-0.1, -0.05) is 89.6 Å². The summed E-state index contributed by atoms with van der Waals surface area (Å²) in [7, 11) is 2.06. The van der Waals surface area contributed by atoms with Crippen LogP contribution in [0.3, 0.4) is 0 Å². The average Bonchev–Trinajstić information content (AvgIpc) is 2.91. The van der Waals surface area contributed by atoms with E-state index in [1.54, 1.807) is 4.90 Å². The second-order valence-electron chi connectivity index (χ2n) is 9.50. The summed E-state index contributed by atoms with van der Waals surface area (Å²) in [5.74, 6) is -0.304. The molecule has 0 saturated heterocycles. The Kier molecular flexibility index (Phi) is 10.2. The van der Waals surface area contributed by atoms with Gasteiger partial charge in [0.05, 0.1) is 10.6 Å². The fourth-order valence-corrected chi connectivity index (χ4v) is 5.82. The molecule has 38 heavy (non-hydrogen) atoms. The van der Waals surface area contributed by atoms with Crippen LogP contribution < -0.4 is 10.2 Å². The van der Waals surface area contributed by atoms with Crippen molar-refractivity contribution in [2.24, 2.45) is 0 Å². The van der Waals surface area contributed by atoms with E-state index in [-0.39, 0.29) is 18.4 Å². The number of halogens is 1. The van der Waals surface area contributed by atoms with Crippen molar-refractivity contribution in [3.05, 3.63) is 98.9 Å². The van der Waals surface area contributed by atoms with E-state index in [1.165, 1.54) is 22.9 Å². The van der Waals surface area contributed by atoms with Crippen molar-refractivity contribution in [2.75, 3.05) is 38.1 Å². The number of thioether (sulfide) groups is 1. The fraction of sp³-hybridized carbons (Fsp3) is 0.290. The Morgan fingerprint density at radius 2 is 1.82 bits per heavy atom. The van der Waals surface area contributed by atoms with Gasteiger partial charge >= 0.3 is 0 Å². The Morgan fingerprint density at radius 3 is 2.58 bits per heavy atom. The highest BCUT2D eigenvalue weighted by Gasteiger charge is 2.31. The van der Waals surface area contributed by atoms with Crippen LogP contribution in [0.1, 0.15) is 30.0 Å². The number of rotatable bonds is 11. The van der Waals surface area contributed by atoms with Gasteiger partial charge in [-0.15, -0.1) is 0 Å². The zero-order valence-electron chi connectivity index (χ0n) is 22.0. The minimum atomic E-state index is -0.157. The van der Waals surface area contributed by atoms with Crippen LogP contribution in [0.25, 0.3) is 6.08 Å². The molecule has 0 unspecified atom stereocenters. The summed E-state index contributed by atoms with van der Waals surface area (Å²) in [6.45, 7) is 4.32. The largest absolute Gasteiger partial charge is 0.353 e. The van der Waals surface area contributed by atoms with Gasteiger partial charge in [-0.25, -0.2) is 0 Å². The van der Waals surface area contributed by atoms with E-state index < -0.39 is 0 Å². The molecular formula is C31H34BrN3O2S. The predicted molar refractivity (Wildman–Crippen MR) is 161 cm³/mol. The molecule has 7 heteroatoms. The number of nitrogens with one attached hydrogen (secondary N) is 1. The number of amides is 2. The lowest BCUT2D eigenvalue weighted by Crippen LogP contribution is -2.44. The first-order valence-corrected chi connectivity index (χ1v) is 14.6. The number of aryl methyl sites for hydroxylation is 1. The van der Waals surface area contributed by atoms with Crippen LogP contribution in [0.5, 0.6) is 0 Å². The molecule has 1 aliphatic heterocycles. The van der Waals surface area contributed by atoms with Crippen molar-refractivity contribution >= 4 is 51.3 Å². The number of fused-ring (bicyclic) bond motifs is 1. The van der Waals surface area contributed by atoms with E-state index in [9.17, 15) is 9.59 Å². The zero-order valence-corrected chi connectivity index (χ0v) is 24.4. The number of hydrogen-bond acceptors (Lipinski definition) is 4. The zero-order chi connectivity index (χ0) is 26.9. The van der Waals surface area contributed by atoms with Crippen molar-refractivity contribution < 1.29 is 9.59 Å². The maximum atomic E-state index is 13.6. The maximum Gasteiger partial charge on any atom is 0.265 e. The van der Waals surface area contributed by atoms with E-state index in [0.717, 1.165) is 53.0 Å². The van der Waals surface area contributed by atoms with Gasteiger partial charge in [0.15, 0.2) is 0 Å². The number of hydrogen-bond donors (Lipinski definition) is 1. The Labute approximate surface area is 238 Å². The van der Waals surface area contributed by atoms with Crippen LogP contribution >= 0.6 is 27.7 Å². The molecule has 0 saturated carbocycles. The Hall–Kier alpha value is -2.87. The second kappa shape index (κ2) is 13.8. The van der Waals surface area contributed by atoms with Gasteiger partial charge in [-0.3, -0.25) is 14.5 Å².